The molecule has 0 spiro atoms. The van der Waals surface area contributed by atoms with E-state index >= 15 is 0 Å². The summed E-state index contributed by atoms with van der Waals surface area (Å²) < 4.78 is 5.19. The number of urea groups is 1. The summed E-state index contributed by atoms with van der Waals surface area (Å²) in [6, 6.07) is 9.74. The molecule has 2 N–H and O–H groups in total. The summed E-state index contributed by atoms with van der Waals surface area (Å²) in [4.78, 5) is 14.0. The molecule has 1 unspecified atom stereocenters. The van der Waals surface area contributed by atoms with Crippen LogP contribution in [0.5, 0.6) is 0 Å². The normalized spacial score (nSPS) is 15.7. The van der Waals surface area contributed by atoms with Gasteiger partial charge in [0.05, 0.1) is 19.3 Å². The van der Waals surface area contributed by atoms with E-state index in [1.54, 1.807) is 12.0 Å². The van der Waals surface area contributed by atoms with E-state index in [1.165, 1.54) is 0 Å². The Labute approximate surface area is 119 Å². The van der Waals surface area contributed by atoms with Crippen molar-refractivity contribution < 1.29 is 14.6 Å². The van der Waals surface area contributed by atoms with Crippen molar-refractivity contribution in [3.8, 4) is 0 Å². The number of aliphatic hydroxyl groups is 1. The van der Waals surface area contributed by atoms with Gasteiger partial charge in [-0.15, -0.1) is 0 Å². The molecule has 0 heterocycles. The topological polar surface area (TPSA) is 61.8 Å². The number of aliphatic hydroxyl groups excluding tert-OH is 1. The molecule has 2 amide bonds. The highest BCUT2D eigenvalue weighted by Crippen LogP contribution is 2.27. The number of ether oxygens (including phenoxy) is 1. The minimum absolute atomic E-state index is 0.00972. The quantitative estimate of drug-likeness (QED) is 0.795. The first-order valence-electron chi connectivity index (χ1n) is 6.98. The molecule has 1 aromatic carbocycles. The first-order chi connectivity index (χ1) is 9.76. The largest absolute Gasteiger partial charge is 0.395 e. The van der Waals surface area contributed by atoms with Gasteiger partial charge in [-0.05, 0) is 18.4 Å². The van der Waals surface area contributed by atoms with Gasteiger partial charge in [-0.25, -0.2) is 4.79 Å². The number of methoxy groups -OCH3 is 1. The van der Waals surface area contributed by atoms with Gasteiger partial charge in [-0.3, -0.25) is 0 Å². The van der Waals surface area contributed by atoms with Crippen molar-refractivity contribution in [3.63, 3.8) is 0 Å². The van der Waals surface area contributed by atoms with Crippen molar-refractivity contribution in [3.05, 3.63) is 35.9 Å². The molecule has 20 heavy (non-hydrogen) atoms. The Balaban J connectivity index is 2.01. The molecular weight excluding hydrogens is 256 g/mol. The lowest BCUT2D eigenvalue weighted by Gasteiger charge is -2.26. The number of carbonyl (C=O) groups is 1. The zero-order chi connectivity index (χ0) is 14.4. The summed E-state index contributed by atoms with van der Waals surface area (Å²) in [6.45, 7) is 0.794. The number of nitrogens with one attached hydrogen (secondary N) is 1. The van der Waals surface area contributed by atoms with Crippen LogP contribution in [0.2, 0.25) is 0 Å². The highest BCUT2D eigenvalue weighted by molar-refractivity contribution is 5.75. The van der Waals surface area contributed by atoms with E-state index in [0.717, 1.165) is 18.4 Å². The Hall–Kier alpha value is -1.59. The molecule has 1 aliphatic carbocycles. The lowest BCUT2D eigenvalue weighted by Crippen LogP contribution is -2.45. The maximum absolute atomic E-state index is 12.3. The second-order valence-corrected chi connectivity index (χ2v) is 5.02. The van der Waals surface area contributed by atoms with Crippen LogP contribution in [0.1, 0.15) is 24.4 Å². The van der Waals surface area contributed by atoms with Crippen molar-refractivity contribution in [1.29, 1.82) is 0 Å². The molecule has 1 saturated carbocycles. The molecule has 110 valence electrons. The minimum atomic E-state index is -0.173. The van der Waals surface area contributed by atoms with Gasteiger partial charge in [0.25, 0.3) is 0 Å². The Morgan fingerprint density at radius 2 is 2.15 bits per heavy atom. The summed E-state index contributed by atoms with van der Waals surface area (Å²) >= 11 is 0. The lowest BCUT2D eigenvalue weighted by atomic mass is 10.1. The second kappa shape index (κ2) is 7.26. The molecule has 1 atom stereocenters. The van der Waals surface area contributed by atoms with Crippen LogP contribution >= 0.6 is 0 Å². The molecular formula is C15H22N2O3. The van der Waals surface area contributed by atoms with Crippen LogP contribution in [0, 0.1) is 0 Å². The van der Waals surface area contributed by atoms with Crippen LogP contribution in [0.25, 0.3) is 0 Å². The molecule has 0 bridgehead atoms. The second-order valence-electron chi connectivity index (χ2n) is 5.02. The maximum Gasteiger partial charge on any atom is 0.318 e. The van der Waals surface area contributed by atoms with E-state index in [2.05, 4.69) is 5.32 Å². The van der Waals surface area contributed by atoms with Crippen LogP contribution in [0.3, 0.4) is 0 Å². The van der Waals surface area contributed by atoms with E-state index in [1.807, 2.05) is 30.3 Å². The number of nitrogens with zero attached hydrogens (tertiary/aromatic N) is 1. The molecule has 5 nitrogen and oxygen atoms in total. The standard InChI is InChI=1S/C15H22N2O3/c1-20-11-14(12-5-3-2-4-6-12)16-15(19)17(9-10-18)13-7-8-13/h2-6,13-14,18H,7-11H2,1H3,(H,16,19). The summed E-state index contributed by atoms with van der Waals surface area (Å²) in [5.41, 5.74) is 1.02. The molecule has 0 aliphatic heterocycles. The van der Waals surface area contributed by atoms with E-state index in [-0.39, 0.29) is 24.7 Å². The summed E-state index contributed by atoms with van der Waals surface area (Å²) in [6.07, 6.45) is 2.04. The smallest absolute Gasteiger partial charge is 0.318 e. The van der Waals surface area contributed by atoms with Gasteiger partial charge in [-0.2, -0.15) is 0 Å². The van der Waals surface area contributed by atoms with Gasteiger partial charge in [0.1, 0.15) is 0 Å². The highest BCUT2D eigenvalue weighted by Gasteiger charge is 2.33. The average Bonchev–Trinajstić information content (AvgIpc) is 3.29. The Kier molecular flexibility index (Phi) is 5.38. The van der Waals surface area contributed by atoms with Gasteiger partial charge in [-0.1, -0.05) is 30.3 Å². The van der Waals surface area contributed by atoms with Crippen molar-refractivity contribution in [2.24, 2.45) is 0 Å². The SMILES string of the molecule is COCC(NC(=O)N(CCO)C1CC1)c1ccccc1. The molecule has 2 rings (SSSR count). The van der Waals surface area contributed by atoms with E-state index in [9.17, 15) is 4.79 Å². The zero-order valence-corrected chi connectivity index (χ0v) is 11.8. The summed E-state index contributed by atoms with van der Waals surface area (Å²) in [7, 11) is 1.62. The monoisotopic (exact) mass is 278 g/mol. The Bertz CT molecular complexity index is 420. The third-order valence-corrected chi connectivity index (χ3v) is 3.42. The third-order valence-electron chi connectivity index (χ3n) is 3.42. The van der Waals surface area contributed by atoms with Gasteiger partial charge >= 0.3 is 6.03 Å². The number of benzene rings is 1. The van der Waals surface area contributed by atoms with E-state index in [4.69, 9.17) is 9.84 Å². The predicted molar refractivity (Wildman–Crippen MR) is 76.4 cm³/mol. The number of amides is 2. The van der Waals surface area contributed by atoms with Crippen LogP contribution in [0.4, 0.5) is 4.79 Å². The average molecular weight is 278 g/mol. The minimum Gasteiger partial charge on any atom is -0.395 e. The molecule has 1 aliphatic rings. The molecule has 1 aromatic rings. The maximum atomic E-state index is 12.3. The highest BCUT2D eigenvalue weighted by atomic mass is 16.5. The van der Waals surface area contributed by atoms with Crippen molar-refractivity contribution >= 4 is 6.03 Å². The number of hydrogen-bond donors (Lipinski definition) is 2. The number of rotatable bonds is 7. The van der Waals surface area contributed by atoms with Crippen LogP contribution in [-0.4, -0.2) is 48.9 Å². The fraction of sp³-hybridized carbons (Fsp3) is 0.533. The molecule has 0 aromatic heterocycles. The summed E-state index contributed by atoms with van der Waals surface area (Å²) in [5.74, 6) is 0. The summed E-state index contributed by atoms with van der Waals surface area (Å²) in [5, 5.41) is 12.1. The van der Waals surface area contributed by atoms with Crippen LogP contribution in [0.15, 0.2) is 30.3 Å². The van der Waals surface area contributed by atoms with Crippen molar-refractivity contribution in [1.82, 2.24) is 10.2 Å². The number of carbonyl (C=O) groups excluding carboxylic acids is 1. The molecule has 0 saturated heterocycles. The molecule has 1 fully saturated rings. The Morgan fingerprint density at radius 3 is 2.70 bits per heavy atom. The van der Waals surface area contributed by atoms with Gasteiger partial charge < -0.3 is 20.1 Å². The van der Waals surface area contributed by atoms with Crippen molar-refractivity contribution in [2.45, 2.75) is 24.9 Å². The van der Waals surface area contributed by atoms with E-state index < -0.39 is 0 Å². The Morgan fingerprint density at radius 1 is 1.45 bits per heavy atom. The van der Waals surface area contributed by atoms with E-state index in [0.29, 0.717) is 13.2 Å². The lowest BCUT2D eigenvalue weighted by molar-refractivity contribution is 0.146. The fourth-order valence-electron chi connectivity index (χ4n) is 2.25. The first kappa shape index (κ1) is 14.8. The predicted octanol–water partition coefficient (Wildman–Crippen LogP) is 1.54. The van der Waals surface area contributed by atoms with Crippen LogP contribution in [-0.2, 0) is 4.74 Å². The third kappa shape index (κ3) is 3.95. The van der Waals surface area contributed by atoms with Gasteiger partial charge in [0.2, 0.25) is 0 Å². The van der Waals surface area contributed by atoms with Gasteiger partial charge in [0, 0.05) is 19.7 Å². The van der Waals surface area contributed by atoms with Gasteiger partial charge in [0.15, 0.2) is 0 Å². The molecule has 0 radical (unpaired) electrons. The zero-order valence-electron chi connectivity index (χ0n) is 11.8. The first-order valence-corrected chi connectivity index (χ1v) is 6.98. The van der Waals surface area contributed by atoms with Crippen LogP contribution < -0.4 is 5.32 Å². The number of hydrogen-bond acceptors (Lipinski definition) is 3. The molecule has 5 heteroatoms. The fourth-order valence-corrected chi connectivity index (χ4v) is 2.25. The van der Waals surface area contributed by atoms with Crippen molar-refractivity contribution in [2.75, 3.05) is 26.9 Å².